The van der Waals surface area contributed by atoms with Crippen molar-refractivity contribution in [2.24, 2.45) is 18.7 Å². The minimum Gasteiger partial charge on any atom is -0.393 e. The van der Waals surface area contributed by atoms with Crippen LogP contribution in [0.2, 0.25) is 0 Å². The Morgan fingerprint density at radius 2 is 2.17 bits per heavy atom. The van der Waals surface area contributed by atoms with E-state index in [1.54, 1.807) is 0 Å². The second-order valence-electron chi connectivity index (χ2n) is 4.35. The molecule has 18 heavy (non-hydrogen) atoms. The molecule has 1 unspecified atom stereocenters. The summed E-state index contributed by atoms with van der Waals surface area (Å²) in [5.74, 6) is -0.509. The molecule has 0 aliphatic rings. The van der Waals surface area contributed by atoms with E-state index in [0.717, 1.165) is 17.0 Å². The van der Waals surface area contributed by atoms with Crippen molar-refractivity contribution in [3.63, 3.8) is 0 Å². The third-order valence-corrected chi connectivity index (χ3v) is 3.45. The number of rotatable bonds is 5. The Bertz CT molecular complexity index is 467. The number of aromatic nitrogens is 2. The van der Waals surface area contributed by atoms with Crippen molar-refractivity contribution >= 4 is 23.1 Å². The Balaban J connectivity index is 2.71. The predicted molar refractivity (Wildman–Crippen MR) is 75.1 cm³/mol. The highest BCUT2D eigenvalue weighted by Gasteiger charge is 2.19. The standard InChI is InChI=1S/C12H20N4OS/c1-5-9(11(13)18)12(17)14-6-10-7(2)15-16(4)8(10)3/h9H,5-6H2,1-4H3,(H2,13,18)(H,14,17). The van der Waals surface area contributed by atoms with E-state index >= 15 is 0 Å². The molecule has 3 N–H and O–H groups in total. The van der Waals surface area contributed by atoms with E-state index in [2.05, 4.69) is 10.4 Å². The lowest BCUT2D eigenvalue weighted by molar-refractivity contribution is -0.123. The minimum absolute atomic E-state index is 0.118. The Morgan fingerprint density at radius 1 is 1.56 bits per heavy atom. The first kappa shape index (κ1) is 14.6. The van der Waals surface area contributed by atoms with Gasteiger partial charge in [0.1, 0.15) is 0 Å². The van der Waals surface area contributed by atoms with Crippen LogP contribution in [0.3, 0.4) is 0 Å². The minimum atomic E-state index is -0.391. The Hall–Kier alpha value is -1.43. The molecule has 0 radical (unpaired) electrons. The van der Waals surface area contributed by atoms with Gasteiger partial charge in [-0.2, -0.15) is 5.10 Å². The number of hydrogen-bond donors (Lipinski definition) is 2. The second kappa shape index (κ2) is 5.95. The molecular formula is C12H20N4OS. The van der Waals surface area contributed by atoms with Crippen LogP contribution < -0.4 is 11.1 Å². The maximum absolute atomic E-state index is 11.9. The van der Waals surface area contributed by atoms with Gasteiger partial charge in [0.25, 0.3) is 0 Å². The molecule has 6 heteroatoms. The van der Waals surface area contributed by atoms with Crippen LogP contribution in [-0.4, -0.2) is 20.7 Å². The molecule has 0 bridgehead atoms. The molecule has 1 aromatic heterocycles. The number of amides is 1. The smallest absolute Gasteiger partial charge is 0.230 e. The first-order valence-electron chi connectivity index (χ1n) is 5.94. The highest BCUT2D eigenvalue weighted by Crippen LogP contribution is 2.12. The molecule has 0 saturated carbocycles. The van der Waals surface area contributed by atoms with Gasteiger partial charge in [0.15, 0.2) is 0 Å². The molecule has 0 saturated heterocycles. The maximum atomic E-state index is 11.9. The van der Waals surface area contributed by atoms with E-state index < -0.39 is 5.92 Å². The van der Waals surface area contributed by atoms with Crippen LogP contribution >= 0.6 is 12.2 Å². The summed E-state index contributed by atoms with van der Waals surface area (Å²) in [6.07, 6.45) is 0.617. The fourth-order valence-electron chi connectivity index (χ4n) is 1.89. The van der Waals surface area contributed by atoms with Gasteiger partial charge < -0.3 is 11.1 Å². The van der Waals surface area contributed by atoms with Crippen LogP contribution in [0.4, 0.5) is 0 Å². The van der Waals surface area contributed by atoms with E-state index in [1.165, 1.54) is 0 Å². The molecule has 1 amide bonds. The van der Waals surface area contributed by atoms with E-state index in [0.29, 0.717) is 13.0 Å². The zero-order chi connectivity index (χ0) is 13.9. The topological polar surface area (TPSA) is 72.9 Å². The van der Waals surface area contributed by atoms with E-state index in [-0.39, 0.29) is 10.9 Å². The molecule has 1 atom stereocenters. The monoisotopic (exact) mass is 268 g/mol. The van der Waals surface area contributed by atoms with Crippen molar-refractivity contribution in [2.45, 2.75) is 33.7 Å². The SMILES string of the molecule is CCC(C(=O)NCc1c(C)nn(C)c1C)C(N)=S. The quantitative estimate of drug-likeness (QED) is 0.780. The molecule has 0 aliphatic heterocycles. The van der Waals surface area contributed by atoms with Crippen molar-refractivity contribution in [2.75, 3.05) is 0 Å². The second-order valence-corrected chi connectivity index (χ2v) is 4.83. The molecule has 100 valence electrons. The zero-order valence-electron chi connectivity index (χ0n) is 11.3. The van der Waals surface area contributed by atoms with Gasteiger partial charge in [-0.05, 0) is 20.3 Å². The van der Waals surface area contributed by atoms with Gasteiger partial charge in [0.05, 0.1) is 16.6 Å². The highest BCUT2D eigenvalue weighted by molar-refractivity contribution is 7.80. The number of aryl methyl sites for hydroxylation is 2. The van der Waals surface area contributed by atoms with Gasteiger partial charge in [0, 0.05) is 24.8 Å². The number of carbonyl (C=O) groups is 1. The summed E-state index contributed by atoms with van der Waals surface area (Å²) in [5.41, 5.74) is 8.56. The van der Waals surface area contributed by atoms with Crippen molar-refractivity contribution in [3.8, 4) is 0 Å². The third-order valence-electron chi connectivity index (χ3n) is 3.17. The van der Waals surface area contributed by atoms with Crippen molar-refractivity contribution in [1.82, 2.24) is 15.1 Å². The molecule has 0 fully saturated rings. The summed E-state index contributed by atoms with van der Waals surface area (Å²) in [4.78, 5) is 12.2. The summed E-state index contributed by atoms with van der Waals surface area (Å²) in [6, 6.07) is 0. The fraction of sp³-hybridized carbons (Fsp3) is 0.583. The third kappa shape index (κ3) is 3.07. The summed E-state index contributed by atoms with van der Waals surface area (Å²) < 4.78 is 1.81. The van der Waals surface area contributed by atoms with Gasteiger partial charge >= 0.3 is 0 Å². The Kier molecular flexibility index (Phi) is 4.84. The molecule has 0 aliphatic carbocycles. The molecule has 1 aromatic rings. The highest BCUT2D eigenvalue weighted by atomic mass is 32.1. The first-order chi connectivity index (χ1) is 8.38. The lowest BCUT2D eigenvalue weighted by Crippen LogP contribution is -2.37. The van der Waals surface area contributed by atoms with Crippen LogP contribution in [0.15, 0.2) is 0 Å². The van der Waals surface area contributed by atoms with E-state index in [1.807, 2.05) is 32.5 Å². The van der Waals surface area contributed by atoms with E-state index in [4.69, 9.17) is 18.0 Å². The molecule has 0 aromatic carbocycles. The van der Waals surface area contributed by atoms with Crippen molar-refractivity contribution in [1.29, 1.82) is 0 Å². The summed E-state index contributed by atoms with van der Waals surface area (Å²) >= 11 is 4.88. The van der Waals surface area contributed by atoms with Gasteiger partial charge in [-0.25, -0.2) is 0 Å². The lowest BCUT2D eigenvalue weighted by Gasteiger charge is -2.13. The molecule has 1 rings (SSSR count). The number of thiocarbonyl (C=S) groups is 1. The number of nitrogens with two attached hydrogens (primary N) is 1. The number of nitrogens with zero attached hydrogens (tertiary/aromatic N) is 2. The van der Waals surface area contributed by atoms with Crippen molar-refractivity contribution < 1.29 is 4.79 Å². The van der Waals surface area contributed by atoms with Gasteiger partial charge in [-0.1, -0.05) is 19.1 Å². The molecule has 1 heterocycles. The summed E-state index contributed by atoms with van der Waals surface area (Å²) in [5, 5.41) is 7.17. The number of carbonyl (C=O) groups excluding carboxylic acids is 1. The summed E-state index contributed by atoms with van der Waals surface area (Å²) in [6.45, 7) is 6.26. The first-order valence-corrected chi connectivity index (χ1v) is 6.35. The van der Waals surface area contributed by atoms with Gasteiger partial charge in [-0.15, -0.1) is 0 Å². The summed E-state index contributed by atoms with van der Waals surface area (Å²) in [7, 11) is 1.89. The predicted octanol–water partition coefficient (Wildman–Crippen LogP) is 0.965. The average molecular weight is 268 g/mol. The zero-order valence-corrected chi connectivity index (χ0v) is 12.1. The Labute approximate surface area is 113 Å². The largest absolute Gasteiger partial charge is 0.393 e. The lowest BCUT2D eigenvalue weighted by atomic mass is 10.1. The van der Waals surface area contributed by atoms with E-state index in [9.17, 15) is 4.79 Å². The van der Waals surface area contributed by atoms with Crippen molar-refractivity contribution in [3.05, 3.63) is 17.0 Å². The number of hydrogen-bond acceptors (Lipinski definition) is 3. The van der Waals surface area contributed by atoms with Crippen LogP contribution in [0.25, 0.3) is 0 Å². The molecular weight excluding hydrogens is 248 g/mol. The van der Waals surface area contributed by atoms with Crippen LogP contribution in [0.5, 0.6) is 0 Å². The molecule has 0 spiro atoms. The Morgan fingerprint density at radius 3 is 2.56 bits per heavy atom. The van der Waals surface area contributed by atoms with Crippen LogP contribution in [0, 0.1) is 19.8 Å². The average Bonchev–Trinajstić information content (AvgIpc) is 2.51. The van der Waals surface area contributed by atoms with Gasteiger partial charge in [0.2, 0.25) is 5.91 Å². The normalized spacial score (nSPS) is 12.2. The van der Waals surface area contributed by atoms with Crippen LogP contribution in [-0.2, 0) is 18.4 Å². The fourth-order valence-corrected chi connectivity index (χ4v) is 2.16. The maximum Gasteiger partial charge on any atom is 0.230 e. The molecule has 5 nitrogen and oxygen atoms in total. The number of nitrogens with one attached hydrogen (secondary N) is 1. The van der Waals surface area contributed by atoms with Gasteiger partial charge in [-0.3, -0.25) is 9.48 Å². The van der Waals surface area contributed by atoms with Crippen LogP contribution in [0.1, 0.15) is 30.3 Å².